The predicted octanol–water partition coefficient (Wildman–Crippen LogP) is 1.74. The Hall–Kier alpha value is -1.90. The van der Waals surface area contributed by atoms with Gasteiger partial charge in [0.1, 0.15) is 0 Å². The standard InChI is InChI=1S/C17H19N2O2P/c1-14-17(20)18-12-13-19(14)22(21,15-8-4-2-5-9-15)16-10-6-3-7-11-16/h2-11,14H,12-13H2,1H3,(H,18,20)/t14-/m1/s1. The first-order valence-corrected chi connectivity index (χ1v) is 9.06. The number of carbonyl (C=O) groups excluding carboxylic acids is 1. The highest BCUT2D eigenvalue weighted by Gasteiger charge is 2.41. The van der Waals surface area contributed by atoms with Crippen LogP contribution in [0, 0.1) is 0 Å². The summed E-state index contributed by atoms with van der Waals surface area (Å²) in [5, 5.41) is 4.37. The van der Waals surface area contributed by atoms with Gasteiger partial charge in [-0.1, -0.05) is 36.4 Å². The molecule has 5 heteroatoms. The van der Waals surface area contributed by atoms with Crippen LogP contribution in [0.2, 0.25) is 0 Å². The van der Waals surface area contributed by atoms with E-state index in [9.17, 15) is 9.36 Å². The highest BCUT2D eigenvalue weighted by Crippen LogP contribution is 2.49. The molecule has 0 unspecified atom stereocenters. The van der Waals surface area contributed by atoms with Crippen molar-refractivity contribution in [3.8, 4) is 0 Å². The quantitative estimate of drug-likeness (QED) is 0.878. The zero-order valence-corrected chi connectivity index (χ0v) is 13.4. The molecule has 0 radical (unpaired) electrons. The smallest absolute Gasteiger partial charge is 0.237 e. The highest BCUT2D eigenvalue weighted by molar-refractivity contribution is 7.76. The van der Waals surface area contributed by atoms with E-state index in [0.717, 1.165) is 10.6 Å². The van der Waals surface area contributed by atoms with Crippen LogP contribution in [0.3, 0.4) is 0 Å². The summed E-state index contributed by atoms with van der Waals surface area (Å²) >= 11 is 0. The molecule has 1 fully saturated rings. The van der Waals surface area contributed by atoms with Crippen LogP contribution in [0.15, 0.2) is 60.7 Å². The number of amides is 1. The Morgan fingerprint density at radius 3 is 2.00 bits per heavy atom. The van der Waals surface area contributed by atoms with E-state index in [2.05, 4.69) is 5.32 Å². The second-order valence-electron chi connectivity index (χ2n) is 5.38. The summed E-state index contributed by atoms with van der Waals surface area (Å²) in [5.41, 5.74) is 0. The second-order valence-corrected chi connectivity index (χ2v) is 8.08. The molecule has 0 bridgehead atoms. The fraction of sp³-hybridized carbons (Fsp3) is 0.235. The van der Waals surface area contributed by atoms with Crippen molar-refractivity contribution in [1.82, 2.24) is 9.99 Å². The van der Waals surface area contributed by atoms with Gasteiger partial charge in [0.05, 0.1) is 6.04 Å². The molecule has 3 rings (SSSR count). The minimum atomic E-state index is -3.02. The average molecular weight is 314 g/mol. The number of nitrogens with one attached hydrogen (secondary N) is 1. The summed E-state index contributed by atoms with van der Waals surface area (Å²) < 4.78 is 15.9. The van der Waals surface area contributed by atoms with Gasteiger partial charge in [-0.15, -0.1) is 0 Å². The van der Waals surface area contributed by atoms with Crippen molar-refractivity contribution in [3.05, 3.63) is 60.7 Å². The molecule has 1 saturated heterocycles. The van der Waals surface area contributed by atoms with Gasteiger partial charge in [0.15, 0.2) is 0 Å². The third kappa shape index (κ3) is 2.49. The second kappa shape index (κ2) is 6.07. The molecule has 1 aliphatic heterocycles. The van der Waals surface area contributed by atoms with Crippen molar-refractivity contribution in [1.29, 1.82) is 0 Å². The lowest BCUT2D eigenvalue weighted by atomic mass is 10.2. The van der Waals surface area contributed by atoms with E-state index in [1.54, 1.807) is 0 Å². The number of hydrogen-bond acceptors (Lipinski definition) is 2. The Kier molecular flexibility index (Phi) is 4.14. The maximum Gasteiger partial charge on any atom is 0.237 e. The van der Waals surface area contributed by atoms with Crippen molar-refractivity contribution in [2.45, 2.75) is 13.0 Å². The molecule has 1 heterocycles. The van der Waals surface area contributed by atoms with E-state index in [1.807, 2.05) is 72.3 Å². The van der Waals surface area contributed by atoms with Crippen molar-refractivity contribution in [2.24, 2.45) is 0 Å². The highest BCUT2D eigenvalue weighted by atomic mass is 31.2. The van der Waals surface area contributed by atoms with Gasteiger partial charge < -0.3 is 5.32 Å². The van der Waals surface area contributed by atoms with Crippen LogP contribution >= 0.6 is 7.29 Å². The topological polar surface area (TPSA) is 49.4 Å². The minimum absolute atomic E-state index is 0.0710. The molecule has 0 saturated carbocycles. The van der Waals surface area contributed by atoms with E-state index in [-0.39, 0.29) is 5.91 Å². The molecule has 1 aliphatic rings. The number of hydrogen-bond donors (Lipinski definition) is 1. The Morgan fingerprint density at radius 1 is 1.00 bits per heavy atom. The number of carbonyl (C=O) groups is 1. The van der Waals surface area contributed by atoms with Crippen molar-refractivity contribution in [2.75, 3.05) is 13.1 Å². The van der Waals surface area contributed by atoms with Crippen LogP contribution in [-0.4, -0.2) is 29.7 Å². The van der Waals surface area contributed by atoms with Crippen LogP contribution in [0.5, 0.6) is 0 Å². The summed E-state index contributed by atoms with van der Waals surface area (Å²) in [7, 11) is -3.02. The van der Waals surface area contributed by atoms with Gasteiger partial charge in [-0.05, 0) is 31.2 Å². The van der Waals surface area contributed by atoms with Crippen molar-refractivity contribution in [3.63, 3.8) is 0 Å². The molecule has 0 spiro atoms. The van der Waals surface area contributed by atoms with E-state index < -0.39 is 13.3 Å². The van der Waals surface area contributed by atoms with E-state index in [4.69, 9.17) is 0 Å². The lowest BCUT2D eigenvalue weighted by Gasteiger charge is -2.39. The fourth-order valence-electron chi connectivity index (χ4n) is 2.86. The molecule has 0 aliphatic carbocycles. The molecule has 2 aromatic rings. The largest absolute Gasteiger partial charge is 0.353 e. The monoisotopic (exact) mass is 314 g/mol. The maximum absolute atomic E-state index is 14.1. The molecule has 1 amide bonds. The van der Waals surface area contributed by atoms with Crippen LogP contribution in [0.1, 0.15) is 6.92 Å². The van der Waals surface area contributed by atoms with Gasteiger partial charge in [0, 0.05) is 23.7 Å². The molecular formula is C17H19N2O2P. The van der Waals surface area contributed by atoms with Crippen LogP contribution < -0.4 is 15.9 Å². The van der Waals surface area contributed by atoms with Gasteiger partial charge in [-0.3, -0.25) is 9.36 Å². The molecule has 2 aromatic carbocycles. The lowest BCUT2D eigenvalue weighted by Crippen LogP contribution is -2.54. The van der Waals surface area contributed by atoms with Gasteiger partial charge in [-0.2, -0.15) is 0 Å². The first-order valence-electron chi connectivity index (χ1n) is 7.40. The van der Waals surface area contributed by atoms with Gasteiger partial charge in [-0.25, -0.2) is 4.67 Å². The lowest BCUT2D eigenvalue weighted by molar-refractivity contribution is -0.126. The number of rotatable bonds is 3. The van der Waals surface area contributed by atoms with E-state index in [1.165, 1.54) is 0 Å². The molecule has 1 N–H and O–H groups in total. The SMILES string of the molecule is C[C@@H]1C(=O)NCCN1P(=O)(c1ccccc1)c1ccccc1. The molecule has 22 heavy (non-hydrogen) atoms. The molecule has 114 valence electrons. The minimum Gasteiger partial charge on any atom is -0.353 e. The Morgan fingerprint density at radius 2 is 1.50 bits per heavy atom. The van der Waals surface area contributed by atoms with Gasteiger partial charge in [0.25, 0.3) is 0 Å². The maximum atomic E-state index is 14.1. The van der Waals surface area contributed by atoms with Crippen LogP contribution in [0.4, 0.5) is 0 Å². The average Bonchev–Trinajstić information content (AvgIpc) is 2.58. The van der Waals surface area contributed by atoms with Crippen LogP contribution in [-0.2, 0) is 9.36 Å². The summed E-state index contributed by atoms with van der Waals surface area (Å²) in [6.45, 7) is 2.91. The van der Waals surface area contributed by atoms with Crippen LogP contribution in [0.25, 0.3) is 0 Å². The first-order chi connectivity index (χ1) is 10.6. The zero-order chi connectivity index (χ0) is 15.6. The summed E-state index contributed by atoms with van der Waals surface area (Å²) in [5.74, 6) is -0.0710. The number of nitrogens with zero attached hydrogens (tertiary/aromatic N) is 1. The Labute approximate surface area is 130 Å². The summed E-state index contributed by atoms with van der Waals surface area (Å²) in [4.78, 5) is 12.0. The third-order valence-electron chi connectivity index (χ3n) is 4.04. The van der Waals surface area contributed by atoms with Crippen molar-refractivity contribution < 1.29 is 9.36 Å². The third-order valence-corrected chi connectivity index (χ3v) is 7.31. The zero-order valence-electron chi connectivity index (χ0n) is 12.5. The number of benzene rings is 2. The predicted molar refractivity (Wildman–Crippen MR) is 88.9 cm³/mol. The summed E-state index contributed by atoms with van der Waals surface area (Å²) in [6, 6.07) is 18.5. The van der Waals surface area contributed by atoms with Crippen molar-refractivity contribution >= 4 is 23.8 Å². The summed E-state index contributed by atoms with van der Waals surface area (Å²) in [6.07, 6.45) is 0. The van der Waals surface area contributed by atoms with Gasteiger partial charge >= 0.3 is 0 Å². The molecule has 4 nitrogen and oxygen atoms in total. The fourth-order valence-corrected chi connectivity index (χ4v) is 5.88. The normalized spacial score (nSPS) is 19.7. The number of piperazine rings is 1. The Balaban J connectivity index is 2.16. The Bertz CT molecular complexity index is 660. The van der Waals surface area contributed by atoms with E-state index >= 15 is 0 Å². The molecule has 1 atom stereocenters. The van der Waals surface area contributed by atoms with E-state index in [0.29, 0.717) is 13.1 Å². The first kappa shape index (κ1) is 15.0. The van der Waals surface area contributed by atoms with Gasteiger partial charge in [0.2, 0.25) is 13.2 Å². The molecular weight excluding hydrogens is 295 g/mol. The molecule has 0 aromatic heterocycles.